The lowest BCUT2D eigenvalue weighted by molar-refractivity contribution is -0.120. The highest BCUT2D eigenvalue weighted by molar-refractivity contribution is 7.90. The van der Waals surface area contributed by atoms with Crippen LogP contribution in [0.1, 0.15) is 51.1 Å². The van der Waals surface area contributed by atoms with Crippen molar-refractivity contribution in [1.29, 1.82) is 5.26 Å². The molecule has 0 aliphatic carbocycles. The number of aryl methyl sites for hydroxylation is 1. The van der Waals surface area contributed by atoms with Crippen molar-refractivity contribution in [3.63, 3.8) is 0 Å². The van der Waals surface area contributed by atoms with Crippen LogP contribution in [0.3, 0.4) is 0 Å². The van der Waals surface area contributed by atoms with Crippen LogP contribution in [-0.4, -0.2) is 53.6 Å². The van der Waals surface area contributed by atoms with E-state index in [1.165, 1.54) is 30.0 Å². The zero-order chi connectivity index (χ0) is 32.6. The lowest BCUT2D eigenvalue weighted by atomic mass is 9.99. The van der Waals surface area contributed by atoms with E-state index in [1.54, 1.807) is 26.8 Å². The van der Waals surface area contributed by atoms with Gasteiger partial charge in [-0.2, -0.15) is 19.0 Å². The fourth-order valence-electron chi connectivity index (χ4n) is 4.88. The van der Waals surface area contributed by atoms with E-state index < -0.39 is 38.6 Å². The van der Waals surface area contributed by atoms with Gasteiger partial charge in [-0.05, 0) is 75.8 Å². The van der Waals surface area contributed by atoms with Crippen LogP contribution in [-0.2, 0) is 27.0 Å². The molecule has 1 aromatic heterocycles. The predicted octanol–water partition coefficient (Wildman–Crippen LogP) is 5.60. The summed E-state index contributed by atoms with van der Waals surface area (Å²) >= 11 is 5.68. The van der Waals surface area contributed by atoms with E-state index in [9.17, 15) is 27.3 Å². The number of aromatic nitrogens is 2. The van der Waals surface area contributed by atoms with Gasteiger partial charge in [0.1, 0.15) is 26.7 Å². The number of benzene rings is 2. The van der Waals surface area contributed by atoms with E-state index in [0.717, 1.165) is 29.4 Å². The number of fused-ring (bicyclic) bond motifs is 1. The molecule has 232 valence electrons. The first-order valence-corrected chi connectivity index (χ1v) is 16.1. The summed E-state index contributed by atoms with van der Waals surface area (Å²) < 4.78 is 74.4. The van der Waals surface area contributed by atoms with Crippen molar-refractivity contribution in [3.8, 4) is 11.9 Å². The van der Waals surface area contributed by atoms with E-state index in [-0.39, 0.29) is 57.6 Å². The molecule has 0 spiro atoms. The van der Waals surface area contributed by atoms with Crippen molar-refractivity contribution >= 4 is 55.4 Å². The molecule has 4 rings (SSSR count). The number of nitriles is 1. The first-order valence-electron chi connectivity index (χ1n) is 13.6. The Kier molecular flexibility index (Phi) is 9.04. The molecule has 0 unspecified atom stereocenters. The first-order chi connectivity index (χ1) is 20.6. The Hall–Kier alpha value is -4.09. The molecule has 9 nitrogen and oxygen atoms in total. The molecule has 2 aromatic carbocycles. The van der Waals surface area contributed by atoms with Gasteiger partial charge in [-0.15, -0.1) is 0 Å². The SMILES string of the molecule is C/C=C/C(F)(F)c1cc(N2C(=O)C(C)(C)N(c3cc(F)c4nc(CC)nc(OCCCS(C)(=O)=O)c4c3)C2=S)ccc1C#N. The lowest BCUT2D eigenvalue weighted by Crippen LogP contribution is -2.44. The lowest BCUT2D eigenvalue weighted by Gasteiger charge is -2.29. The topological polar surface area (TPSA) is 116 Å². The van der Waals surface area contributed by atoms with Gasteiger partial charge >= 0.3 is 0 Å². The van der Waals surface area contributed by atoms with Crippen molar-refractivity contribution in [1.82, 2.24) is 9.97 Å². The molecule has 1 aliphatic rings. The molecule has 1 aliphatic heterocycles. The Morgan fingerprint density at radius 1 is 1.18 bits per heavy atom. The van der Waals surface area contributed by atoms with Crippen molar-refractivity contribution in [2.45, 2.75) is 52.0 Å². The highest BCUT2D eigenvalue weighted by Gasteiger charge is 2.51. The molecule has 0 bridgehead atoms. The summed E-state index contributed by atoms with van der Waals surface area (Å²) in [6, 6.07) is 8.02. The predicted molar refractivity (Wildman–Crippen MR) is 165 cm³/mol. The third-order valence-electron chi connectivity index (χ3n) is 7.01. The van der Waals surface area contributed by atoms with Crippen molar-refractivity contribution in [3.05, 3.63) is 65.3 Å². The largest absolute Gasteiger partial charge is 0.477 e. The minimum atomic E-state index is -3.49. The summed E-state index contributed by atoms with van der Waals surface area (Å²) in [5.74, 6) is -4.56. The average molecular weight is 646 g/mol. The molecule has 44 heavy (non-hydrogen) atoms. The smallest absolute Gasteiger partial charge is 0.293 e. The zero-order valence-electron chi connectivity index (χ0n) is 24.7. The van der Waals surface area contributed by atoms with Crippen LogP contribution in [0.5, 0.6) is 5.88 Å². The number of carbonyl (C=O) groups is 1. The number of allylic oxidation sites excluding steroid dienone is 2. The highest BCUT2D eigenvalue weighted by Crippen LogP contribution is 2.41. The molecule has 1 fully saturated rings. The molecule has 1 saturated heterocycles. The number of hydrogen-bond acceptors (Lipinski definition) is 8. The minimum Gasteiger partial charge on any atom is -0.477 e. The van der Waals surface area contributed by atoms with Gasteiger partial charge in [0, 0.05) is 23.9 Å². The number of rotatable bonds is 10. The highest BCUT2D eigenvalue weighted by atomic mass is 32.2. The summed E-state index contributed by atoms with van der Waals surface area (Å²) in [7, 11) is -3.22. The molecule has 3 aromatic rings. The zero-order valence-corrected chi connectivity index (χ0v) is 26.3. The molecular weight excluding hydrogens is 615 g/mol. The van der Waals surface area contributed by atoms with Gasteiger partial charge in [0.2, 0.25) is 5.88 Å². The number of alkyl halides is 2. The normalized spacial score (nSPS) is 15.4. The minimum absolute atomic E-state index is 0.00700. The fraction of sp³-hybridized carbons (Fsp3) is 0.367. The van der Waals surface area contributed by atoms with E-state index in [4.69, 9.17) is 17.0 Å². The molecule has 0 saturated carbocycles. The summed E-state index contributed by atoms with van der Waals surface area (Å²) in [5.41, 5.74) is -2.12. The summed E-state index contributed by atoms with van der Waals surface area (Å²) in [6.07, 6.45) is 3.48. The van der Waals surface area contributed by atoms with Crippen molar-refractivity contribution in [2.24, 2.45) is 0 Å². The molecular formula is C30H30F3N5O4S2. The first kappa shape index (κ1) is 32.8. The van der Waals surface area contributed by atoms with Gasteiger partial charge in [-0.25, -0.2) is 17.8 Å². The molecule has 0 N–H and O–H groups in total. The molecule has 0 atom stereocenters. The summed E-state index contributed by atoms with van der Waals surface area (Å²) in [5, 5.41) is 9.52. The third-order valence-corrected chi connectivity index (χ3v) is 8.40. The average Bonchev–Trinajstić information content (AvgIpc) is 3.12. The van der Waals surface area contributed by atoms with Crippen LogP contribution in [0, 0.1) is 17.1 Å². The number of thiocarbonyl (C=S) groups is 1. The Morgan fingerprint density at radius 3 is 2.50 bits per heavy atom. The van der Waals surface area contributed by atoms with Crippen LogP contribution in [0.4, 0.5) is 24.5 Å². The van der Waals surface area contributed by atoms with Gasteiger partial charge in [0.15, 0.2) is 10.9 Å². The second-order valence-electron chi connectivity index (χ2n) is 10.7. The van der Waals surface area contributed by atoms with Crippen LogP contribution in [0.15, 0.2) is 42.5 Å². The number of halogens is 3. The van der Waals surface area contributed by atoms with Crippen LogP contribution in [0.25, 0.3) is 10.9 Å². The van der Waals surface area contributed by atoms with Crippen LogP contribution >= 0.6 is 12.2 Å². The number of hydrogen-bond donors (Lipinski definition) is 0. The van der Waals surface area contributed by atoms with Gasteiger partial charge in [-0.3, -0.25) is 9.69 Å². The van der Waals surface area contributed by atoms with E-state index in [0.29, 0.717) is 18.3 Å². The number of ether oxygens (including phenoxy) is 1. The van der Waals surface area contributed by atoms with Gasteiger partial charge < -0.3 is 9.64 Å². The van der Waals surface area contributed by atoms with Crippen LogP contribution < -0.4 is 14.5 Å². The quantitative estimate of drug-likeness (QED) is 0.158. The van der Waals surface area contributed by atoms with E-state index >= 15 is 4.39 Å². The van der Waals surface area contributed by atoms with Gasteiger partial charge in [0.25, 0.3) is 11.8 Å². The second kappa shape index (κ2) is 12.1. The van der Waals surface area contributed by atoms with Crippen LogP contribution in [0.2, 0.25) is 0 Å². The Morgan fingerprint density at radius 2 is 1.89 bits per heavy atom. The molecule has 14 heteroatoms. The maximum absolute atomic E-state index is 15.7. The molecule has 0 radical (unpaired) electrons. The standard InChI is InChI=1S/C30H30F3N5O4S2/c1-6-11-30(32,33)22-15-19(10-9-18(22)17-34)37-27(39)29(3,4)38(28(37)43)20-14-21-25(23(31)16-20)35-24(7-2)36-26(21)42-12-8-13-44(5,40)41/h6,9-11,14-16H,7-8,12-13H2,1-5H3/b11-6+. The number of sulfone groups is 1. The molecule has 2 heterocycles. The van der Waals surface area contributed by atoms with E-state index in [2.05, 4.69) is 9.97 Å². The number of carbonyl (C=O) groups excluding carboxylic acids is 1. The van der Waals surface area contributed by atoms with E-state index in [1.807, 2.05) is 0 Å². The summed E-state index contributed by atoms with van der Waals surface area (Å²) in [6.45, 7) is 6.32. The van der Waals surface area contributed by atoms with Gasteiger partial charge in [0.05, 0.1) is 35.1 Å². The Bertz CT molecular complexity index is 1840. The monoisotopic (exact) mass is 645 g/mol. The van der Waals surface area contributed by atoms with Crippen molar-refractivity contribution in [2.75, 3.05) is 28.4 Å². The number of anilines is 2. The molecule has 1 amide bonds. The maximum atomic E-state index is 15.7. The number of nitrogens with zero attached hydrogens (tertiary/aromatic N) is 5. The van der Waals surface area contributed by atoms with Crippen molar-refractivity contribution < 1.29 is 31.1 Å². The second-order valence-corrected chi connectivity index (χ2v) is 13.4. The number of amides is 1. The summed E-state index contributed by atoms with van der Waals surface area (Å²) in [4.78, 5) is 24.9. The Labute approximate surface area is 258 Å². The Balaban J connectivity index is 1.80. The maximum Gasteiger partial charge on any atom is 0.293 e. The van der Waals surface area contributed by atoms with Gasteiger partial charge in [-0.1, -0.05) is 13.0 Å². The fourth-order valence-corrected chi connectivity index (χ4v) is 6.04. The third kappa shape index (κ3) is 6.25.